The Balaban J connectivity index is 0.00000147. The number of rotatable bonds is 5. The highest BCUT2D eigenvalue weighted by Gasteiger charge is 2.45. The van der Waals surface area contributed by atoms with Crippen LogP contribution in [0.1, 0.15) is 51.4 Å². The molecule has 20 heavy (non-hydrogen) atoms. The minimum atomic E-state index is -0.111. The molecule has 0 radical (unpaired) electrons. The third kappa shape index (κ3) is 3.12. The van der Waals surface area contributed by atoms with Crippen LogP contribution in [-0.2, 0) is 9.53 Å². The van der Waals surface area contributed by atoms with E-state index in [0.29, 0.717) is 30.6 Å². The third-order valence-corrected chi connectivity index (χ3v) is 5.39. The number of nitrogens with one attached hydrogen (secondary N) is 2. The van der Waals surface area contributed by atoms with E-state index in [9.17, 15) is 4.79 Å². The minimum Gasteiger partial charge on any atom is -0.385 e. The monoisotopic (exact) mass is 302 g/mol. The lowest BCUT2D eigenvalue weighted by molar-refractivity contribution is -0.138. The summed E-state index contributed by atoms with van der Waals surface area (Å²) in [5, 5.41) is 6.96. The van der Waals surface area contributed by atoms with Gasteiger partial charge in [0, 0.05) is 31.8 Å². The molecular weight excluding hydrogens is 276 g/mol. The fourth-order valence-corrected chi connectivity index (χ4v) is 4.01. The SMILES string of the molecule is COCCC1(C(=O)NC2CC3CCC(C2)N3)CCC1.Cl. The number of carbonyl (C=O) groups excluding carboxylic acids is 1. The van der Waals surface area contributed by atoms with Crippen LogP contribution >= 0.6 is 12.4 Å². The summed E-state index contributed by atoms with van der Waals surface area (Å²) >= 11 is 0. The molecule has 0 aromatic rings. The van der Waals surface area contributed by atoms with Gasteiger partial charge < -0.3 is 15.4 Å². The Bertz CT molecular complexity index is 335. The van der Waals surface area contributed by atoms with Crippen LogP contribution in [0.5, 0.6) is 0 Å². The van der Waals surface area contributed by atoms with Crippen molar-refractivity contribution >= 4 is 18.3 Å². The van der Waals surface area contributed by atoms with E-state index in [1.54, 1.807) is 7.11 Å². The quantitative estimate of drug-likeness (QED) is 0.817. The molecule has 1 amide bonds. The summed E-state index contributed by atoms with van der Waals surface area (Å²) in [6.07, 6.45) is 8.95. The second kappa shape index (κ2) is 6.63. The Morgan fingerprint density at radius 1 is 1.30 bits per heavy atom. The van der Waals surface area contributed by atoms with Crippen LogP contribution in [-0.4, -0.2) is 37.7 Å². The lowest BCUT2D eigenvalue weighted by Crippen LogP contribution is -2.53. The molecule has 1 aliphatic carbocycles. The van der Waals surface area contributed by atoms with E-state index in [1.807, 2.05) is 0 Å². The molecule has 3 aliphatic rings. The molecule has 0 aromatic carbocycles. The molecule has 0 spiro atoms. The number of carbonyl (C=O) groups is 1. The molecule has 116 valence electrons. The lowest BCUT2D eigenvalue weighted by atomic mass is 9.66. The van der Waals surface area contributed by atoms with Gasteiger partial charge in [0.15, 0.2) is 0 Å². The zero-order chi connectivity index (χ0) is 13.3. The summed E-state index contributed by atoms with van der Waals surface area (Å²) < 4.78 is 5.17. The number of fused-ring (bicyclic) bond motifs is 2. The minimum absolute atomic E-state index is 0. The first-order chi connectivity index (χ1) is 9.22. The number of piperidine rings is 1. The van der Waals surface area contributed by atoms with Crippen LogP contribution in [0.2, 0.25) is 0 Å². The van der Waals surface area contributed by atoms with Crippen molar-refractivity contribution in [2.75, 3.05) is 13.7 Å². The van der Waals surface area contributed by atoms with E-state index in [0.717, 1.165) is 32.1 Å². The number of hydrogen-bond acceptors (Lipinski definition) is 3. The Morgan fingerprint density at radius 2 is 1.95 bits per heavy atom. The topological polar surface area (TPSA) is 50.4 Å². The summed E-state index contributed by atoms with van der Waals surface area (Å²) in [6.45, 7) is 0.699. The number of ether oxygens (including phenoxy) is 1. The molecule has 2 atom stereocenters. The first kappa shape index (κ1) is 16.1. The van der Waals surface area contributed by atoms with Crippen LogP contribution in [0, 0.1) is 5.41 Å². The number of methoxy groups -OCH3 is 1. The second-order valence-corrected chi connectivity index (χ2v) is 6.66. The van der Waals surface area contributed by atoms with Crippen molar-refractivity contribution in [2.24, 2.45) is 5.41 Å². The molecule has 2 unspecified atom stereocenters. The predicted octanol–water partition coefficient (Wildman–Crippen LogP) is 2.01. The maximum atomic E-state index is 12.6. The second-order valence-electron chi connectivity index (χ2n) is 6.66. The summed E-state index contributed by atoms with van der Waals surface area (Å²) in [6, 6.07) is 1.67. The van der Waals surface area contributed by atoms with Gasteiger partial charge in [0.25, 0.3) is 0 Å². The number of amides is 1. The first-order valence-electron chi connectivity index (χ1n) is 7.78. The van der Waals surface area contributed by atoms with E-state index in [4.69, 9.17) is 4.74 Å². The molecule has 5 heteroatoms. The fourth-order valence-electron chi connectivity index (χ4n) is 4.01. The molecule has 3 fully saturated rings. The van der Waals surface area contributed by atoms with Gasteiger partial charge in [-0.25, -0.2) is 0 Å². The highest BCUT2D eigenvalue weighted by Crippen LogP contribution is 2.44. The van der Waals surface area contributed by atoms with Gasteiger partial charge in [-0.05, 0) is 44.9 Å². The average molecular weight is 303 g/mol. The van der Waals surface area contributed by atoms with Crippen LogP contribution < -0.4 is 10.6 Å². The highest BCUT2D eigenvalue weighted by atomic mass is 35.5. The van der Waals surface area contributed by atoms with E-state index >= 15 is 0 Å². The molecule has 2 heterocycles. The van der Waals surface area contributed by atoms with Gasteiger partial charge in [0.2, 0.25) is 5.91 Å². The zero-order valence-corrected chi connectivity index (χ0v) is 13.1. The smallest absolute Gasteiger partial charge is 0.226 e. The van der Waals surface area contributed by atoms with Crippen LogP contribution in [0.25, 0.3) is 0 Å². The zero-order valence-electron chi connectivity index (χ0n) is 12.3. The van der Waals surface area contributed by atoms with Crippen molar-refractivity contribution < 1.29 is 9.53 Å². The molecule has 3 rings (SSSR count). The van der Waals surface area contributed by atoms with Crippen molar-refractivity contribution in [1.82, 2.24) is 10.6 Å². The lowest BCUT2D eigenvalue weighted by Gasteiger charge is -2.42. The molecule has 2 bridgehead atoms. The number of halogens is 1. The largest absolute Gasteiger partial charge is 0.385 e. The number of hydrogen-bond donors (Lipinski definition) is 2. The maximum Gasteiger partial charge on any atom is 0.226 e. The molecule has 0 aromatic heterocycles. The Labute approximate surface area is 127 Å². The Hall–Kier alpha value is -0.320. The van der Waals surface area contributed by atoms with Crippen LogP contribution in [0.4, 0.5) is 0 Å². The van der Waals surface area contributed by atoms with Gasteiger partial charge in [0.05, 0.1) is 5.41 Å². The standard InChI is InChI=1S/C15H26N2O2.ClH/c1-19-8-7-15(5-2-6-15)14(18)17-13-9-11-3-4-12(10-13)16-11;/h11-13,16H,2-10H2,1H3,(H,17,18);1H. The fraction of sp³-hybridized carbons (Fsp3) is 0.933. The van der Waals surface area contributed by atoms with Crippen molar-refractivity contribution in [2.45, 2.75) is 69.5 Å². The van der Waals surface area contributed by atoms with Gasteiger partial charge >= 0.3 is 0 Å². The molecular formula is C15H27ClN2O2. The van der Waals surface area contributed by atoms with Crippen molar-refractivity contribution in [3.8, 4) is 0 Å². The van der Waals surface area contributed by atoms with Gasteiger partial charge in [-0.15, -0.1) is 12.4 Å². The maximum absolute atomic E-state index is 12.6. The van der Waals surface area contributed by atoms with Crippen molar-refractivity contribution in [1.29, 1.82) is 0 Å². The summed E-state index contributed by atoms with van der Waals surface area (Å²) in [4.78, 5) is 12.6. The Morgan fingerprint density at radius 3 is 2.45 bits per heavy atom. The average Bonchev–Trinajstić information content (AvgIpc) is 2.67. The first-order valence-corrected chi connectivity index (χ1v) is 7.78. The molecule has 2 saturated heterocycles. The van der Waals surface area contributed by atoms with E-state index < -0.39 is 0 Å². The van der Waals surface area contributed by atoms with Gasteiger partial charge in [-0.3, -0.25) is 4.79 Å². The van der Waals surface area contributed by atoms with E-state index in [2.05, 4.69) is 10.6 Å². The third-order valence-electron chi connectivity index (χ3n) is 5.39. The molecule has 1 saturated carbocycles. The van der Waals surface area contributed by atoms with E-state index in [1.165, 1.54) is 19.3 Å². The van der Waals surface area contributed by atoms with Gasteiger partial charge in [-0.2, -0.15) is 0 Å². The molecule has 2 aliphatic heterocycles. The van der Waals surface area contributed by atoms with Crippen molar-refractivity contribution in [3.63, 3.8) is 0 Å². The van der Waals surface area contributed by atoms with Gasteiger partial charge in [-0.1, -0.05) is 6.42 Å². The van der Waals surface area contributed by atoms with E-state index in [-0.39, 0.29) is 17.8 Å². The Kier molecular flexibility index (Phi) is 5.32. The predicted molar refractivity (Wildman–Crippen MR) is 81.1 cm³/mol. The summed E-state index contributed by atoms with van der Waals surface area (Å²) in [5.41, 5.74) is -0.111. The van der Waals surface area contributed by atoms with Crippen molar-refractivity contribution in [3.05, 3.63) is 0 Å². The van der Waals surface area contributed by atoms with Crippen LogP contribution in [0.15, 0.2) is 0 Å². The molecule has 2 N–H and O–H groups in total. The summed E-state index contributed by atoms with van der Waals surface area (Å²) in [7, 11) is 1.72. The van der Waals surface area contributed by atoms with Gasteiger partial charge in [0.1, 0.15) is 0 Å². The normalized spacial score (nSPS) is 34.0. The highest BCUT2D eigenvalue weighted by molar-refractivity contribution is 5.85. The molecule has 4 nitrogen and oxygen atoms in total. The summed E-state index contributed by atoms with van der Waals surface area (Å²) in [5.74, 6) is 0.294. The van der Waals surface area contributed by atoms with Crippen LogP contribution in [0.3, 0.4) is 0 Å².